The van der Waals surface area contributed by atoms with Crippen LogP contribution in [0.15, 0.2) is 52.9 Å². The molecule has 0 atom stereocenters. The Morgan fingerprint density at radius 1 is 1.18 bits per heavy atom. The summed E-state index contributed by atoms with van der Waals surface area (Å²) in [5, 5.41) is 0. The van der Waals surface area contributed by atoms with Crippen LogP contribution in [-0.2, 0) is 11.3 Å². The molecule has 1 saturated carbocycles. The molecular formula is C31H41FN6O2. The van der Waals surface area contributed by atoms with E-state index in [0.29, 0.717) is 12.0 Å². The predicted octanol–water partition coefficient (Wildman–Crippen LogP) is 5.25. The Balaban J connectivity index is 1.34. The number of nitrogens with two attached hydrogens (primary N) is 2. The topological polar surface area (TPSA) is 112 Å². The van der Waals surface area contributed by atoms with Crippen molar-refractivity contribution in [1.29, 1.82) is 0 Å². The number of amides is 1. The summed E-state index contributed by atoms with van der Waals surface area (Å²) in [7, 11) is 1.47. The summed E-state index contributed by atoms with van der Waals surface area (Å²) in [6, 6.07) is 5.02. The van der Waals surface area contributed by atoms with E-state index in [1.807, 2.05) is 12.1 Å². The highest BCUT2D eigenvalue weighted by Crippen LogP contribution is 2.35. The van der Waals surface area contributed by atoms with Crippen LogP contribution in [0.4, 0.5) is 4.39 Å². The molecule has 8 nitrogen and oxygen atoms in total. The van der Waals surface area contributed by atoms with Gasteiger partial charge < -0.3 is 25.7 Å². The number of primary amides is 1. The van der Waals surface area contributed by atoms with Gasteiger partial charge >= 0.3 is 0 Å². The lowest BCUT2D eigenvalue weighted by Crippen LogP contribution is -2.38. The number of carbonyl (C=O) groups is 1. The minimum absolute atomic E-state index is 0.175. The SMILES string of the molecule is COc1ccc(-c2cn(CCCCC3CCC3)c(C3CCN(C4=C(C(N)=O)C(N)=NC=CCC4)CC3)n2)cc1F. The van der Waals surface area contributed by atoms with Crippen LogP contribution >= 0.6 is 0 Å². The van der Waals surface area contributed by atoms with Crippen molar-refractivity contribution in [2.24, 2.45) is 22.4 Å². The van der Waals surface area contributed by atoms with Crippen molar-refractivity contribution >= 4 is 11.7 Å². The van der Waals surface area contributed by atoms with Gasteiger partial charge in [-0.15, -0.1) is 0 Å². The zero-order chi connectivity index (χ0) is 28.1. The number of piperidine rings is 1. The molecule has 4 N–H and O–H groups in total. The molecule has 3 heterocycles. The van der Waals surface area contributed by atoms with Gasteiger partial charge in [-0.1, -0.05) is 38.2 Å². The Morgan fingerprint density at radius 2 is 1.98 bits per heavy atom. The molecular weight excluding hydrogens is 507 g/mol. The Labute approximate surface area is 236 Å². The van der Waals surface area contributed by atoms with Crippen molar-refractivity contribution in [1.82, 2.24) is 14.5 Å². The fraction of sp³-hybridized carbons (Fsp3) is 0.516. The third-order valence-corrected chi connectivity index (χ3v) is 8.64. The number of likely N-dealkylation sites (tertiary alicyclic amines) is 1. The highest BCUT2D eigenvalue weighted by molar-refractivity contribution is 6.20. The summed E-state index contributed by atoms with van der Waals surface area (Å²) in [4.78, 5) is 23.8. The molecule has 1 aromatic carbocycles. The number of benzene rings is 1. The van der Waals surface area contributed by atoms with Crippen LogP contribution in [0.5, 0.6) is 5.75 Å². The molecule has 1 amide bonds. The van der Waals surface area contributed by atoms with Crippen molar-refractivity contribution < 1.29 is 13.9 Å². The third kappa shape index (κ3) is 6.24. The van der Waals surface area contributed by atoms with Gasteiger partial charge in [-0.05, 0) is 56.2 Å². The maximum atomic E-state index is 14.5. The van der Waals surface area contributed by atoms with Crippen LogP contribution in [0.25, 0.3) is 11.3 Å². The minimum Gasteiger partial charge on any atom is -0.494 e. The number of carbonyl (C=O) groups excluding carboxylic acids is 1. The number of amidine groups is 1. The number of rotatable bonds is 10. The van der Waals surface area contributed by atoms with Gasteiger partial charge in [0.25, 0.3) is 5.91 Å². The molecule has 0 unspecified atom stereocenters. The van der Waals surface area contributed by atoms with E-state index in [2.05, 4.69) is 20.7 Å². The molecule has 40 heavy (non-hydrogen) atoms. The second-order valence-electron chi connectivity index (χ2n) is 11.2. The van der Waals surface area contributed by atoms with Gasteiger partial charge in [0.05, 0.1) is 12.8 Å². The van der Waals surface area contributed by atoms with Gasteiger partial charge in [0.15, 0.2) is 11.6 Å². The Bertz CT molecular complexity index is 1300. The molecule has 1 aliphatic carbocycles. The monoisotopic (exact) mass is 548 g/mol. The standard InChI is InChI=1S/C31H41FN6O2/c1-40-27-12-11-23(19-24(27)32)25-20-38(16-5-3-7-21-8-6-9-21)31(36-25)22-13-17-37(18-14-22)26-10-2-4-15-35-29(33)28(26)30(34)39/h4,11-12,15,19-22H,2-3,5-10,13-14,16-18H2,1H3,(H2,33,35)(H2,34,39). The smallest absolute Gasteiger partial charge is 0.254 e. The van der Waals surface area contributed by atoms with Crippen LogP contribution in [0, 0.1) is 11.7 Å². The first kappa shape index (κ1) is 27.9. The maximum absolute atomic E-state index is 14.5. The number of hydrogen-bond donors (Lipinski definition) is 2. The van der Waals surface area contributed by atoms with Gasteiger partial charge in [0.1, 0.15) is 17.2 Å². The van der Waals surface area contributed by atoms with E-state index in [1.165, 1.54) is 45.3 Å². The normalized spacial score (nSPS) is 18.8. The number of ether oxygens (including phenoxy) is 1. The lowest BCUT2D eigenvalue weighted by molar-refractivity contribution is -0.114. The zero-order valence-electron chi connectivity index (χ0n) is 23.4. The van der Waals surface area contributed by atoms with Crippen LogP contribution in [-0.4, -0.2) is 46.4 Å². The summed E-state index contributed by atoms with van der Waals surface area (Å²) in [6.07, 6.45) is 16.7. The van der Waals surface area contributed by atoms with E-state index in [4.69, 9.17) is 21.2 Å². The Kier molecular flexibility index (Phi) is 8.87. The van der Waals surface area contributed by atoms with Crippen LogP contribution in [0.2, 0.25) is 0 Å². The number of aryl methyl sites for hydroxylation is 1. The summed E-state index contributed by atoms with van der Waals surface area (Å²) in [5.41, 5.74) is 14.6. The van der Waals surface area contributed by atoms with Crippen LogP contribution in [0.3, 0.4) is 0 Å². The predicted molar refractivity (Wildman–Crippen MR) is 155 cm³/mol. The van der Waals surface area contributed by atoms with Crippen molar-refractivity contribution in [2.75, 3.05) is 20.2 Å². The number of hydrogen-bond acceptors (Lipinski definition) is 6. The first-order chi connectivity index (χ1) is 19.4. The van der Waals surface area contributed by atoms with E-state index >= 15 is 0 Å². The van der Waals surface area contributed by atoms with Gasteiger partial charge in [-0.25, -0.2) is 14.4 Å². The van der Waals surface area contributed by atoms with Gasteiger partial charge in [-0.2, -0.15) is 0 Å². The molecule has 0 radical (unpaired) electrons. The van der Waals surface area contributed by atoms with Gasteiger partial charge in [0.2, 0.25) is 0 Å². The molecule has 5 rings (SSSR count). The Hall–Kier alpha value is -3.62. The molecule has 0 bridgehead atoms. The molecule has 2 aromatic rings. The van der Waals surface area contributed by atoms with E-state index in [0.717, 1.165) is 74.0 Å². The molecule has 9 heteroatoms. The molecule has 1 saturated heterocycles. The van der Waals surface area contributed by atoms with Crippen molar-refractivity contribution in [2.45, 2.75) is 76.7 Å². The quantitative estimate of drug-likeness (QED) is 0.394. The van der Waals surface area contributed by atoms with E-state index < -0.39 is 5.91 Å². The average Bonchev–Trinajstić information content (AvgIpc) is 3.33. The first-order valence-corrected chi connectivity index (χ1v) is 14.6. The number of unbranched alkanes of at least 4 members (excludes halogenated alkanes) is 1. The van der Waals surface area contributed by atoms with Gasteiger partial charge in [-0.3, -0.25) is 4.79 Å². The van der Waals surface area contributed by atoms with Crippen molar-refractivity contribution in [3.8, 4) is 17.0 Å². The third-order valence-electron chi connectivity index (χ3n) is 8.64. The summed E-state index contributed by atoms with van der Waals surface area (Å²) in [5.74, 6) is 1.70. The number of methoxy groups -OCH3 is 1. The lowest BCUT2D eigenvalue weighted by Gasteiger charge is -2.36. The highest BCUT2D eigenvalue weighted by atomic mass is 19.1. The fourth-order valence-electron chi connectivity index (χ4n) is 6.15. The number of halogens is 1. The molecule has 1 aromatic heterocycles. The summed E-state index contributed by atoms with van der Waals surface area (Å²) in [6.45, 7) is 2.45. The number of allylic oxidation sites excluding steroid dienone is 2. The minimum atomic E-state index is -0.539. The van der Waals surface area contributed by atoms with E-state index in [1.54, 1.807) is 12.3 Å². The summed E-state index contributed by atoms with van der Waals surface area (Å²) >= 11 is 0. The second kappa shape index (κ2) is 12.7. The molecule has 214 valence electrons. The number of aromatic nitrogens is 2. The lowest BCUT2D eigenvalue weighted by atomic mass is 9.82. The highest BCUT2D eigenvalue weighted by Gasteiger charge is 2.29. The van der Waals surface area contributed by atoms with Gasteiger partial charge in [0, 0.05) is 49.2 Å². The Morgan fingerprint density at radius 3 is 2.65 bits per heavy atom. The zero-order valence-corrected chi connectivity index (χ0v) is 23.4. The van der Waals surface area contributed by atoms with Crippen LogP contribution in [0.1, 0.15) is 76.0 Å². The fourth-order valence-corrected chi connectivity index (χ4v) is 6.15. The largest absolute Gasteiger partial charge is 0.494 e. The van der Waals surface area contributed by atoms with Crippen LogP contribution < -0.4 is 16.2 Å². The molecule has 2 fully saturated rings. The number of aliphatic imine (C=N–C) groups is 1. The molecule has 3 aliphatic rings. The first-order valence-electron chi connectivity index (χ1n) is 14.6. The average molecular weight is 549 g/mol. The summed E-state index contributed by atoms with van der Waals surface area (Å²) < 4.78 is 21.9. The van der Waals surface area contributed by atoms with E-state index in [9.17, 15) is 9.18 Å². The molecule has 0 spiro atoms. The number of imidazole rings is 1. The maximum Gasteiger partial charge on any atom is 0.254 e. The number of nitrogens with zero attached hydrogens (tertiary/aromatic N) is 4. The van der Waals surface area contributed by atoms with Crippen molar-refractivity contribution in [3.63, 3.8) is 0 Å². The molecule has 2 aliphatic heterocycles. The second-order valence-corrected chi connectivity index (χ2v) is 11.2. The van der Waals surface area contributed by atoms with Crippen molar-refractivity contribution in [3.05, 3.63) is 59.6 Å². The van der Waals surface area contributed by atoms with E-state index in [-0.39, 0.29) is 23.3 Å².